The van der Waals surface area contributed by atoms with Gasteiger partial charge in [0.25, 0.3) is 0 Å². The quantitative estimate of drug-likeness (QED) is 0.645. The van der Waals surface area contributed by atoms with Gasteiger partial charge in [-0.05, 0) is 36.8 Å². The van der Waals surface area contributed by atoms with Gasteiger partial charge in [0.1, 0.15) is 23.7 Å². The lowest BCUT2D eigenvalue weighted by Crippen LogP contribution is -2.18. The predicted molar refractivity (Wildman–Crippen MR) is 102 cm³/mol. The minimum Gasteiger partial charge on any atom is -0.497 e. The summed E-state index contributed by atoms with van der Waals surface area (Å²) in [7, 11) is 1.63. The Kier molecular flexibility index (Phi) is 4.54. The highest BCUT2D eigenvalue weighted by Gasteiger charge is 2.23. The third-order valence-corrected chi connectivity index (χ3v) is 4.49. The first kappa shape index (κ1) is 17.1. The summed E-state index contributed by atoms with van der Waals surface area (Å²) < 4.78 is 16.3. The molecule has 1 atom stereocenters. The van der Waals surface area contributed by atoms with E-state index in [1.54, 1.807) is 13.2 Å². The zero-order valence-electron chi connectivity index (χ0n) is 15.1. The second-order valence-electron chi connectivity index (χ2n) is 6.42. The topological polar surface area (TPSA) is 70.3 Å². The van der Waals surface area contributed by atoms with Gasteiger partial charge in [0.15, 0.2) is 6.10 Å². The molecule has 0 bridgehead atoms. The summed E-state index contributed by atoms with van der Waals surface area (Å²) in [6, 6.07) is 14.7. The largest absolute Gasteiger partial charge is 0.497 e. The Morgan fingerprint density at radius 3 is 2.89 bits per heavy atom. The molecule has 2 aromatic carbocycles. The lowest BCUT2D eigenvalue weighted by atomic mass is 10.1. The summed E-state index contributed by atoms with van der Waals surface area (Å²) in [6.07, 6.45) is 0.473. The van der Waals surface area contributed by atoms with Gasteiger partial charge >= 0.3 is 5.63 Å². The molecule has 0 spiro atoms. The van der Waals surface area contributed by atoms with Crippen molar-refractivity contribution in [3.63, 3.8) is 0 Å². The van der Waals surface area contributed by atoms with Gasteiger partial charge in [-0.15, -0.1) is 0 Å². The molecule has 6 heteroatoms. The Morgan fingerprint density at radius 2 is 2.04 bits per heavy atom. The van der Waals surface area contributed by atoms with Gasteiger partial charge in [0, 0.05) is 29.5 Å². The van der Waals surface area contributed by atoms with Crippen LogP contribution in [-0.4, -0.2) is 25.5 Å². The summed E-state index contributed by atoms with van der Waals surface area (Å²) in [5.74, 6) is 1.40. The molecule has 0 saturated heterocycles. The molecule has 0 saturated carbocycles. The normalized spacial score (nSPS) is 16.1. The van der Waals surface area contributed by atoms with Crippen molar-refractivity contribution in [3.05, 3.63) is 70.1 Å². The lowest BCUT2D eigenvalue weighted by Gasteiger charge is -2.11. The van der Waals surface area contributed by atoms with Crippen LogP contribution in [0, 0.1) is 6.92 Å². The maximum atomic E-state index is 11.5. The zero-order valence-corrected chi connectivity index (χ0v) is 15.1. The van der Waals surface area contributed by atoms with Gasteiger partial charge in [-0.3, -0.25) is 0 Å². The average molecular weight is 365 g/mol. The Hall–Kier alpha value is -3.28. The van der Waals surface area contributed by atoms with E-state index in [0.717, 1.165) is 28.0 Å². The van der Waals surface area contributed by atoms with E-state index in [-0.39, 0.29) is 11.7 Å². The maximum Gasteiger partial charge on any atom is 0.336 e. The van der Waals surface area contributed by atoms with Crippen molar-refractivity contribution in [3.8, 4) is 11.5 Å². The molecule has 3 aromatic rings. The summed E-state index contributed by atoms with van der Waals surface area (Å²) in [5, 5.41) is 5.06. The fourth-order valence-corrected chi connectivity index (χ4v) is 3.08. The number of hydrogen-bond acceptors (Lipinski definition) is 6. The van der Waals surface area contributed by atoms with E-state index < -0.39 is 0 Å². The molecule has 27 heavy (non-hydrogen) atoms. The van der Waals surface area contributed by atoms with Crippen LogP contribution >= 0.6 is 0 Å². The second-order valence-corrected chi connectivity index (χ2v) is 6.42. The first-order valence-corrected chi connectivity index (χ1v) is 8.67. The monoisotopic (exact) mass is 365 g/mol. The maximum absolute atomic E-state index is 11.5. The molecule has 138 valence electrons. The van der Waals surface area contributed by atoms with Crippen molar-refractivity contribution >= 4 is 16.7 Å². The number of nitrogens with zero attached hydrogens (tertiary/aromatic N) is 1. The van der Waals surface area contributed by atoms with E-state index in [4.69, 9.17) is 18.7 Å². The molecule has 0 N–H and O–H groups in total. The van der Waals surface area contributed by atoms with Gasteiger partial charge in [-0.25, -0.2) is 4.79 Å². The van der Waals surface area contributed by atoms with Crippen molar-refractivity contribution in [1.29, 1.82) is 0 Å². The van der Waals surface area contributed by atoms with Crippen LogP contribution < -0.4 is 15.1 Å². The molecule has 0 radical (unpaired) electrons. The number of fused-ring (bicyclic) bond motifs is 1. The molecule has 2 heterocycles. The van der Waals surface area contributed by atoms with Crippen molar-refractivity contribution in [2.75, 3.05) is 13.7 Å². The number of hydrogen-bond donors (Lipinski definition) is 0. The fourth-order valence-electron chi connectivity index (χ4n) is 3.08. The molecule has 1 aromatic heterocycles. The number of oxime groups is 1. The Labute approximate surface area is 156 Å². The van der Waals surface area contributed by atoms with Crippen LogP contribution in [0.5, 0.6) is 11.5 Å². The Balaban J connectivity index is 1.41. The Morgan fingerprint density at radius 1 is 1.15 bits per heavy atom. The summed E-state index contributed by atoms with van der Waals surface area (Å²) in [4.78, 5) is 17.0. The van der Waals surface area contributed by atoms with Crippen LogP contribution in [0.1, 0.15) is 17.5 Å². The molecular formula is C21H19NO5. The second kappa shape index (κ2) is 7.15. The SMILES string of the molecule is COc1cccc(C2=NOC(COc3ccc4c(C)cc(=O)oc4c3)C2)c1. The van der Waals surface area contributed by atoms with Crippen LogP contribution in [0.3, 0.4) is 0 Å². The molecule has 1 aliphatic heterocycles. The molecule has 4 rings (SSSR count). The molecule has 0 aliphatic carbocycles. The van der Waals surface area contributed by atoms with Crippen molar-refractivity contribution in [2.45, 2.75) is 19.4 Å². The first-order chi connectivity index (χ1) is 13.1. The van der Waals surface area contributed by atoms with E-state index in [2.05, 4.69) is 5.16 Å². The third-order valence-electron chi connectivity index (χ3n) is 4.49. The number of rotatable bonds is 5. The van der Waals surface area contributed by atoms with E-state index in [1.807, 2.05) is 43.3 Å². The summed E-state index contributed by atoms with van der Waals surface area (Å²) in [5.41, 5.74) is 2.86. The molecule has 0 amide bonds. The van der Waals surface area contributed by atoms with E-state index in [0.29, 0.717) is 24.4 Å². The summed E-state index contributed by atoms with van der Waals surface area (Å²) >= 11 is 0. The minimum atomic E-state index is -0.368. The minimum absolute atomic E-state index is 0.175. The highest BCUT2D eigenvalue weighted by Crippen LogP contribution is 2.24. The smallest absolute Gasteiger partial charge is 0.336 e. The number of methoxy groups -OCH3 is 1. The summed E-state index contributed by atoms with van der Waals surface area (Å²) in [6.45, 7) is 2.22. The zero-order chi connectivity index (χ0) is 18.8. The number of aryl methyl sites for hydroxylation is 1. The van der Waals surface area contributed by atoms with Crippen LogP contribution in [-0.2, 0) is 4.84 Å². The van der Waals surface area contributed by atoms with Gasteiger partial charge in [-0.1, -0.05) is 17.3 Å². The molecular weight excluding hydrogens is 346 g/mol. The van der Waals surface area contributed by atoms with Crippen molar-refractivity contribution < 1.29 is 18.7 Å². The molecule has 6 nitrogen and oxygen atoms in total. The van der Waals surface area contributed by atoms with E-state index >= 15 is 0 Å². The fraction of sp³-hybridized carbons (Fsp3) is 0.238. The third kappa shape index (κ3) is 3.65. The highest BCUT2D eigenvalue weighted by atomic mass is 16.7. The molecule has 1 aliphatic rings. The van der Waals surface area contributed by atoms with Crippen molar-refractivity contribution in [2.24, 2.45) is 5.16 Å². The molecule has 1 unspecified atom stereocenters. The first-order valence-electron chi connectivity index (χ1n) is 8.67. The Bertz CT molecular complexity index is 1070. The predicted octanol–water partition coefficient (Wildman–Crippen LogP) is 3.68. The van der Waals surface area contributed by atoms with Gasteiger partial charge < -0.3 is 18.7 Å². The average Bonchev–Trinajstić information content (AvgIpc) is 3.15. The number of ether oxygens (including phenoxy) is 2. The van der Waals surface area contributed by atoms with Gasteiger partial charge in [0.05, 0.1) is 12.8 Å². The van der Waals surface area contributed by atoms with Crippen LogP contribution in [0.2, 0.25) is 0 Å². The number of benzene rings is 2. The standard InChI is InChI=1S/C21H19NO5/c1-13-8-21(23)26-20-11-16(6-7-18(13)20)25-12-17-10-19(22-27-17)14-4-3-5-15(9-14)24-2/h3-9,11,17H,10,12H2,1-2H3. The van der Waals surface area contributed by atoms with Crippen LogP contribution in [0.15, 0.2) is 62.9 Å². The van der Waals surface area contributed by atoms with Crippen molar-refractivity contribution in [1.82, 2.24) is 0 Å². The highest BCUT2D eigenvalue weighted by molar-refractivity contribution is 6.01. The van der Waals surface area contributed by atoms with Crippen LogP contribution in [0.25, 0.3) is 11.0 Å². The van der Waals surface area contributed by atoms with Crippen LogP contribution in [0.4, 0.5) is 0 Å². The van der Waals surface area contributed by atoms with Gasteiger partial charge in [0.2, 0.25) is 0 Å². The van der Waals surface area contributed by atoms with E-state index in [9.17, 15) is 4.79 Å². The molecule has 0 fully saturated rings. The van der Waals surface area contributed by atoms with Gasteiger partial charge in [-0.2, -0.15) is 0 Å². The van der Waals surface area contributed by atoms with E-state index in [1.165, 1.54) is 6.07 Å². The lowest BCUT2D eigenvalue weighted by molar-refractivity contribution is 0.0471.